The van der Waals surface area contributed by atoms with Crippen LogP contribution in [0, 0.1) is 0 Å². The fraction of sp³-hybridized carbons (Fsp3) is 0.357. The van der Waals surface area contributed by atoms with Gasteiger partial charge in [-0.2, -0.15) is 0 Å². The fourth-order valence-corrected chi connectivity index (χ4v) is 7.29. The molecular formula is C42H48N2O7. The van der Waals surface area contributed by atoms with Crippen molar-refractivity contribution in [2.45, 2.75) is 63.8 Å². The minimum absolute atomic E-state index is 0.0678. The molecule has 0 saturated heterocycles. The van der Waals surface area contributed by atoms with Crippen LogP contribution in [0.4, 0.5) is 0 Å². The van der Waals surface area contributed by atoms with Gasteiger partial charge in [-0.1, -0.05) is 66.7 Å². The molecule has 0 aliphatic carbocycles. The van der Waals surface area contributed by atoms with Crippen LogP contribution in [0.1, 0.15) is 60.5 Å². The van der Waals surface area contributed by atoms with Crippen LogP contribution in [-0.2, 0) is 39.2 Å². The normalized spacial score (nSPS) is 16.8. The molecule has 0 radical (unpaired) electrons. The molecule has 0 bridgehead atoms. The van der Waals surface area contributed by atoms with Crippen LogP contribution in [0.2, 0.25) is 0 Å². The molecule has 2 aliphatic rings. The van der Waals surface area contributed by atoms with Gasteiger partial charge in [-0.25, -0.2) is 0 Å². The fourth-order valence-electron chi connectivity index (χ4n) is 7.29. The van der Waals surface area contributed by atoms with Gasteiger partial charge in [-0.15, -0.1) is 0 Å². The van der Waals surface area contributed by atoms with Crippen LogP contribution >= 0.6 is 0 Å². The number of hydrogen-bond donors (Lipinski definition) is 1. The Labute approximate surface area is 301 Å². The Hall–Kier alpha value is -5.15. The van der Waals surface area contributed by atoms with Crippen molar-refractivity contribution in [2.24, 2.45) is 0 Å². The summed E-state index contributed by atoms with van der Waals surface area (Å²) in [6.45, 7) is 5.12. The van der Waals surface area contributed by atoms with Crippen molar-refractivity contribution in [1.29, 1.82) is 0 Å². The number of benzene rings is 4. The summed E-state index contributed by atoms with van der Waals surface area (Å²) < 4.78 is 35.1. The first-order valence-electron chi connectivity index (χ1n) is 17.5. The maximum atomic E-state index is 15.3. The van der Waals surface area contributed by atoms with Crippen LogP contribution < -0.4 is 24.3 Å². The van der Waals surface area contributed by atoms with Crippen molar-refractivity contribution in [3.63, 3.8) is 0 Å². The number of fused-ring (bicyclic) bond motifs is 1. The summed E-state index contributed by atoms with van der Waals surface area (Å²) in [4.78, 5) is 17.7. The third-order valence-electron chi connectivity index (χ3n) is 9.62. The minimum Gasteiger partial charge on any atom is -0.493 e. The van der Waals surface area contributed by atoms with Crippen molar-refractivity contribution < 1.29 is 33.2 Å². The highest BCUT2D eigenvalue weighted by molar-refractivity contribution is 5.88. The van der Waals surface area contributed by atoms with Gasteiger partial charge in [0.25, 0.3) is 0 Å². The second kappa shape index (κ2) is 16.2. The second-order valence-corrected chi connectivity index (χ2v) is 13.2. The van der Waals surface area contributed by atoms with Crippen molar-refractivity contribution in [1.82, 2.24) is 10.2 Å². The molecule has 6 rings (SSSR count). The van der Waals surface area contributed by atoms with E-state index in [1.165, 1.54) is 0 Å². The zero-order valence-corrected chi connectivity index (χ0v) is 30.1. The minimum atomic E-state index is -1.20. The van der Waals surface area contributed by atoms with E-state index in [4.69, 9.17) is 28.4 Å². The highest BCUT2D eigenvalue weighted by Crippen LogP contribution is 2.47. The van der Waals surface area contributed by atoms with Crippen LogP contribution in [0.5, 0.6) is 23.0 Å². The smallest absolute Gasteiger partial charge is 0.245 e. The van der Waals surface area contributed by atoms with Gasteiger partial charge in [0.1, 0.15) is 17.6 Å². The van der Waals surface area contributed by atoms with Crippen molar-refractivity contribution >= 4 is 5.91 Å². The lowest BCUT2D eigenvalue weighted by Gasteiger charge is -2.47. The Balaban J connectivity index is 1.57. The number of hydrogen-bond acceptors (Lipinski definition) is 8. The van der Waals surface area contributed by atoms with Gasteiger partial charge < -0.3 is 33.7 Å². The second-order valence-electron chi connectivity index (χ2n) is 13.2. The molecular weight excluding hydrogens is 644 g/mol. The van der Waals surface area contributed by atoms with E-state index in [-0.39, 0.29) is 31.3 Å². The molecule has 268 valence electrons. The molecule has 0 aromatic heterocycles. The molecule has 2 unspecified atom stereocenters. The summed E-state index contributed by atoms with van der Waals surface area (Å²) in [7, 11) is 4.95. The van der Waals surface area contributed by atoms with Crippen LogP contribution in [0.3, 0.4) is 0 Å². The Morgan fingerprint density at radius 3 is 2.24 bits per heavy atom. The number of methoxy groups -OCH3 is 3. The van der Waals surface area contributed by atoms with E-state index in [1.54, 1.807) is 27.6 Å². The highest BCUT2D eigenvalue weighted by Gasteiger charge is 2.50. The number of ether oxygens (including phenoxy) is 6. The first kappa shape index (κ1) is 35.7. The monoisotopic (exact) mass is 692 g/mol. The Kier molecular flexibility index (Phi) is 11.4. The number of rotatable bonds is 14. The summed E-state index contributed by atoms with van der Waals surface area (Å²) in [6, 6.07) is 30.0. The van der Waals surface area contributed by atoms with Crippen molar-refractivity contribution in [3.05, 3.63) is 131 Å². The van der Waals surface area contributed by atoms with E-state index in [0.717, 1.165) is 40.7 Å². The van der Waals surface area contributed by atoms with Crippen LogP contribution in [0.15, 0.2) is 103 Å². The Bertz CT molecular complexity index is 1810. The third kappa shape index (κ3) is 7.78. The van der Waals surface area contributed by atoms with E-state index in [9.17, 15) is 0 Å². The summed E-state index contributed by atoms with van der Waals surface area (Å²) in [5.41, 5.74) is 3.94. The average Bonchev–Trinajstić information content (AvgIpc) is 3.61. The van der Waals surface area contributed by atoms with Gasteiger partial charge >= 0.3 is 0 Å². The van der Waals surface area contributed by atoms with Gasteiger partial charge in [0.05, 0.1) is 27.4 Å². The lowest BCUT2D eigenvalue weighted by Crippen LogP contribution is -2.58. The van der Waals surface area contributed by atoms with E-state index in [0.29, 0.717) is 48.3 Å². The molecule has 9 nitrogen and oxygen atoms in total. The van der Waals surface area contributed by atoms with Gasteiger partial charge in [-0.3, -0.25) is 9.69 Å². The topological polar surface area (TPSA) is 87.7 Å². The molecule has 0 spiro atoms. The standard InChI is InChI=1S/C42H48N2O7/c1-29(2)51-40-24-35-32(23-39(40)48-5)15-12-20-44(36(35)21-31-18-19-37(46-3)38(22-31)47-4)42(25-34-27-49-28-50-34,33-16-10-7-11-17-33)41(45)43-26-30-13-8-6-9-14-30/h6-11,13-14,16-19,22-24,27,29,36H,12,15,20-21,25-26,28H2,1-5H3,(H,43,45). The van der Waals surface area contributed by atoms with Crippen LogP contribution in [-0.4, -0.2) is 51.6 Å². The first-order chi connectivity index (χ1) is 24.9. The molecule has 2 aliphatic heterocycles. The van der Waals surface area contributed by atoms with Crippen LogP contribution in [0.25, 0.3) is 0 Å². The maximum Gasteiger partial charge on any atom is 0.245 e. The zero-order chi connectivity index (χ0) is 35.8. The Morgan fingerprint density at radius 1 is 0.863 bits per heavy atom. The molecule has 0 fully saturated rings. The number of carbonyl (C=O) groups is 1. The number of carbonyl (C=O) groups excluding carboxylic acids is 1. The quantitative estimate of drug-likeness (QED) is 0.146. The molecule has 2 atom stereocenters. The van der Waals surface area contributed by atoms with E-state index in [2.05, 4.69) is 28.4 Å². The molecule has 2 heterocycles. The predicted octanol–water partition coefficient (Wildman–Crippen LogP) is 7.48. The number of nitrogens with zero attached hydrogens (tertiary/aromatic N) is 1. The van der Waals surface area contributed by atoms with Crippen molar-refractivity contribution in [3.8, 4) is 23.0 Å². The molecule has 4 aromatic rings. The van der Waals surface area contributed by atoms with Gasteiger partial charge in [-0.05, 0) is 85.2 Å². The molecule has 51 heavy (non-hydrogen) atoms. The number of aryl methyl sites for hydroxylation is 1. The number of amides is 1. The zero-order valence-electron chi connectivity index (χ0n) is 30.1. The first-order valence-corrected chi connectivity index (χ1v) is 17.5. The molecule has 9 heteroatoms. The highest BCUT2D eigenvalue weighted by atomic mass is 16.7. The summed E-state index contributed by atoms with van der Waals surface area (Å²) in [6.07, 6.45) is 4.00. The van der Waals surface area contributed by atoms with Gasteiger partial charge in [0.15, 0.2) is 23.0 Å². The lowest BCUT2D eigenvalue weighted by molar-refractivity contribution is -0.138. The van der Waals surface area contributed by atoms with E-state index < -0.39 is 5.54 Å². The largest absolute Gasteiger partial charge is 0.493 e. The maximum absolute atomic E-state index is 15.3. The third-order valence-corrected chi connectivity index (χ3v) is 9.62. The summed E-state index contributed by atoms with van der Waals surface area (Å²) >= 11 is 0. The summed E-state index contributed by atoms with van der Waals surface area (Å²) in [5.74, 6) is 3.15. The molecule has 0 saturated carbocycles. The van der Waals surface area contributed by atoms with Crippen molar-refractivity contribution in [2.75, 3.05) is 34.7 Å². The van der Waals surface area contributed by atoms with Gasteiger partial charge in [0.2, 0.25) is 12.7 Å². The molecule has 1 N–H and O–H groups in total. The number of nitrogens with one attached hydrogen (secondary N) is 1. The summed E-state index contributed by atoms with van der Waals surface area (Å²) in [5, 5.41) is 3.34. The molecule has 1 amide bonds. The SMILES string of the molecule is COc1ccc(CC2c3cc(OC(C)C)c(OC)cc3CCCN2C(CC2=COCO2)(C(=O)NCc2ccccc2)c2ccccc2)cc1OC. The van der Waals surface area contributed by atoms with E-state index in [1.807, 2.05) is 86.6 Å². The average molecular weight is 693 g/mol. The van der Waals surface area contributed by atoms with Gasteiger partial charge in [0, 0.05) is 25.6 Å². The predicted molar refractivity (Wildman–Crippen MR) is 196 cm³/mol. The Morgan fingerprint density at radius 2 is 1.57 bits per heavy atom. The van der Waals surface area contributed by atoms with E-state index >= 15 is 4.79 Å². The lowest BCUT2D eigenvalue weighted by atomic mass is 9.80. The molecule has 4 aromatic carbocycles.